The van der Waals surface area contributed by atoms with Crippen LogP contribution >= 0.6 is 15.9 Å². The zero-order valence-corrected chi connectivity index (χ0v) is 15.5. The van der Waals surface area contributed by atoms with Gasteiger partial charge in [0.2, 0.25) is 0 Å². The number of aliphatic carboxylic acids is 1. The Labute approximate surface area is 161 Å². The predicted molar refractivity (Wildman–Crippen MR) is 96.6 cm³/mol. The summed E-state index contributed by atoms with van der Waals surface area (Å²) in [6, 6.07) is 7.64. The number of hydrogen-bond donors (Lipinski definition) is 2. The molecule has 0 unspecified atom stereocenters. The Balaban J connectivity index is 1.71. The third kappa shape index (κ3) is 5.04. The van der Waals surface area contributed by atoms with Gasteiger partial charge in [0.15, 0.2) is 5.76 Å². The molecule has 1 aromatic carbocycles. The largest absolute Gasteiger partial charge is 0.481 e. The van der Waals surface area contributed by atoms with Gasteiger partial charge >= 0.3 is 5.97 Å². The van der Waals surface area contributed by atoms with Gasteiger partial charge in [-0.1, -0.05) is 12.1 Å². The summed E-state index contributed by atoms with van der Waals surface area (Å²) in [6.07, 6.45) is 3.06. The van der Waals surface area contributed by atoms with E-state index in [-0.39, 0.29) is 12.2 Å². The summed E-state index contributed by atoms with van der Waals surface area (Å²) >= 11 is 3.30. The first-order chi connectivity index (χ1) is 12.9. The number of rotatable bonds is 7. The van der Waals surface area contributed by atoms with Crippen LogP contribution in [0.3, 0.4) is 0 Å². The Morgan fingerprint density at radius 3 is 2.63 bits per heavy atom. The summed E-state index contributed by atoms with van der Waals surface area (Å²) < 4.78 is 21.1. The summed E-state index contributed by atoms with van der Waals surface area (Å²) in [6.45, 7) is 0.343. The average molecular weight is 436 g/mol. The number of nitrogens with zero attached hydrogens (tertiary/aromatic N) is 2. The van der Waals surface area contributed by atoms with Crippen LogP contribution in [-0.4, -0.2) is 26.8 Å². The summed E-state index contributed by atoms with van der Waals surface area (Å²) in [7, 11) is 0. The molecular formula is C18H15BrFN3O4. The molecule has 140 valence electrons. The number of amides is 1. The van der Waals surface area contributed by atoms with E-state index < -0.39 is 23.7 Å². The number of hydrogen-bond acceptors (Lipinski definition) is 4. The van der Waals surface area contributed by atoms with Crippen LogP contribution < -0.4 is 5.32 Å². The molecule has 0 aliphatic carbocycles. The third-order valence-electron chi connectivity index (χ3n) is 3.76. The lowest BCUT2D eigenvalue weighted by molar-refractivity contribution is -0.137. The Kier molecular flexibility index (Phi) is 5.70. The van der Waals surface area contributed by atoms with E-state index in [1.165, 1.54) is 30.3 Å². The van der Waals surface area contributed by atoms with E-state index in [1.54, 1.807) is 23.1 Å². The maximum Gasteiger partial charge on any atom is 0.305 e. The van der Waals surface area contributed by atoms with E-state index in [1.807, 2.05) is 0 Å². The van der Waals surface area contributed by atoms with Gasteiger partial charge in [-0.3, -0.25) is 14.3 Å². The second-order valence-electron chi connectivity index (χ2n) is 5.80. The Hall–Kier alpha value is -2.94. The van der Waals surface area contributed by atoms with E-state index in [2.05, 4.69) is 26.3 Å². The fourth-order valence-electron chi connectivity index (χ4n) is 2.52. The summed E-state index contributed by atoms with van der Waals surface area (Å²) in [5, 5.41) is 15.8. The smallest absolute Gasteiger partial charge is 0.305 e. The minimum Gasteiger partial charge on any atom is -0.481 e. The van der Waals surface area contributed by atoms with Crippen LogP contribution in [0.5, 0.6) is 0 Å². The zero-order valence-electron chi connectivity index (χ0n) is 13.9. The van der Waals surface area contributed by atoms with Gasteiger partial charge in [0, 0.05) is 6.20 Å². The van der Waals surface area contributed by atoms with Gasteiger partial charge < -0.3 is 14.8 Å². The molecule has 9 heteroatoms. The van der Waals surface area contributed by atoms with Crippen molar-refractivity contribution >= 4 is 27.8 Å². The van der Waals surface area contributed by atoms with Gasteiger partial charge in [-0.25, -0.2) is 4.39 Å². The second kappa shape index (κ2) is 8.17. The van der Waals surface area contributed by atoms with E-state index in [4.69, 9.17) is 9.52 Å². The first kappa shape index (κ1) is 18.8. The van der Waals surface area contributed by atoms with Gasteiger partial charge in [-0.05, 0) is 45.8 Å². The van der Waals surface area contributed by atoms with Crippen molar-refractivity contribution in [3.05, 3.63) is 76.2 Å². The summed E-state index contributed by atoms with van der Waals surface area (Å²) in [4.78, 5) is 23.6. The van der Waals surface area contributed by atoms with Gasteiger partial charge in [0.05, 0.1) is 29.7 Å². The normalized spacial score (nSPS) is 11.9. The molecule has 7 nitrogen and oxygen atoms in total. The molecule has 0 saturated carbocycles. The number of carbonyl (C=O) groups is 2. The molecule has 1 amide bonds. The Bertz CT molecular complexity index is 952. The van der Waals surface area contributed by atoms with Crippen LogP contribution in [-0.2, 0) is 11.3 Å². The molecule has 0 bridgehead atoms. The van der Waals surface area contributed by atoms with Crippen LogP contribution in [0.2, 0.25) is 0 Å². The highest BCUT2D eigenvalue weighted by Crippen LogP contribution is 2.19. The second-order valence-corrected chi connectivity index (χ2v) is 6.71. The number of aromatic nitrogens is 2. The number of furan rings is 1. The molecule has 0 spiro atoms. The first-order valence-corrected chi connectivity index (χ1v) is 8.75. The topological polar surface area (TPSA) is 97.4 Å². The lowest BCUT2D eigenvalue weighted by Crippen LogP contribution is -2.30. The predicted octanol–water partition coefficient (Wildman–Crippen LogP) is 3.37. The molecular weight excluding hydrogens is 421 g/mol. The van der Waals surface area contributed by atoms with Gasteiger partial charge in [0.1, 0.15) is 11.6 Å². The molecule has 1 atom stereocenters. The summed E-state index contributed by atoms with van der Waals surface area (Å²) in [5.74, 6) is -1.52. The van der Waals surface area contributed by atoms with Crippen molar-refractivity contribution in [3.63, 3.8) is 0 Å². The molecule has 2 aromatic heterocycles. The molecule has 0 radical (unpaired) electrons. The highest BCUT2D eigenvalue weighted by atomic mass is 79.9. The van der Waals surface area contributed by atoms with Gasteiger partial charge in [0.25, 0.3) is 5.91 Å². The van der Waals surface area contributed by atoms with E-state index in [9.17, 15) is 14.0 Å². The van der Waals surface area contributed by atoms with Gasteiger partial charge in [-0.2, -0.15) is 5.10 Å². The standard InChI is InChI=1S/C18H15BrFN3O4/c19-12-8-21-23(9-12)10-14-5-6-16(27-14)18(26)22-15(7-17(24)25)11-1-3-13(20)4-2-11/h1-6,8-9,15H,7,10H2,(H,22,26)(H,24,25)/t15-/m0/s1. The minimum atomic E-state index is -1.09. The Morgan fingerprint density at radius 2 is 2.00 bits per heavy atom. The molecule has 3 aromatic rings. The van der Waals surface area contributed by atoms with E-state index >= 15 is 0 Å². The van der Waals surface area contributed by atoms with Crippen LogP contribution in [0.1, 0.15) is 34.3 Å². The molecule has 27 heavy (non-hydrogen) atoms. The monoisotopic (exact) mass is 435 g/mol. The highest BCUT2D eigenvalue weighted by molar-refractivity contribution is 9.10. The number of carboxylic acid groups (broad SMARTS) is 1. The fraction of sp³-hybridized carbons (Fsp3) is 0.167. The number of halogens is 2. The van der Waals surface area contributed by atoms with Crippen molar-refractivity contribution in [2.75, 3.05) is 0 Å². The number of carboxylic acids is 1. The maximum absolute atomic E-state index is 13.1. The molecule has 2 heterocycles. The molecule has 0 saturated heterocycles. The van der Waals surface area contributed by atoms with E-state index in [0.29, 0.717) is 17.9 Å². The van der Waals surface area contributed by atoms with Crippen LogP contribution in [0, 0.1) is 5.82 Å². The van der Waals surface area contributed by atoms with Crippen molar-refractivity contribution in [2.45, 2.75) is 19.0 Å². The van der Waals surface area contributed by atoms with E-state index in [0.717, 1.165) is 4.47 Å². The van der Waals surface area contributed by atoms with Crippen molar-refractivity contribution in [1.29, 1.82) is 0 Å². The highest BCUT2D eigenvalue weighted by Gasteiger charge is 2.21. The van der Waals surface area contributed by atoms with Crippen LogP contribution in [0.15, 0.2) is 57.7 Å². The molecule has 0 fully saturated rings. The molecule has 0 aliphatic heterocycles. The zero-order chi connectivity index (χ0) is 19.4. The lowest BCUT2D eigenvalue weighted by atomic mass is 10.0. The summed E-state index contributed by atoms with van der Waals surface area (Å²) in [5.41, 5.74) is 0.486. The lowest BCUT2D eigenvalue weighted by Gasteiger charge is -2.16. The quantitative estimate of drug-likeness (QED) is 0.592. The van der Waals surface area contributed by atoms with Crippen molar-refractivity contribution in [3.8, 4) is 0 Å². The molecule has 0 aliphatic rings. The number of carbonyl (C=O) groups excluding carboxylic acids is 1. The van der Waals surface area contributed by atoms with Crippen LogP contribution in [0.4, 0.5) is 4.39 Å². The molecule has 3 rings (SSSR count). The number of benzene rings is 1. The molecule has 2 N–H and O–H groups in total. The number of nitrogens with one attached hydrogen (secondary N) is 1. The van der Waals surface area contributed by atoms with Gasteiger partial charge in [-0.15, -0.1) is 0 Å². The first-order valence-electron chi connectivity index (χ1n) is 7.95. The fourth-order valence-corrected chi connectivity index (χ4v) is 2.85. The average Bonchev–Trinajstić information content (AvgIpc) is 3.24. The maximum atomic E-state index is 13.1. The minimum absolute atomic E-state index is 0.0497. The van der Waals surface area contributed by atoms with Crippen molar-refractivity contribution < 1.29 is 23.5 Å². The SMILES string of the molecule is O=C(O)C[C@H](NC(=O)c1ccc(Cn2cc(Br)cn2)o1)c1ccc(F)cc1. The Morgan fingerprint density at radius 1 is 1.26 bits per heavy atom. The van der Waals surface area contributed by atoms with Crippen molar-refractivity contribution in [1.82, 2.24) is 15.1 Å². The third-order valence-corrected chi connectivity index (χ3v) is 4.17. The van der Waals surface area contributed by atoms with Crippen molar-refractivity contribution in [2.24, 2.45) is 0 Å². The van der Waals surface area contributed by atoms with Crippen LogP contribution in [0.25, 0.3) is 0 Å².